The second kappa shape index (κ2) is 9.09. The molecule has 1 saturated carbocycles. The zero-order chi connectivity index (χ0) is 19.7. The molecule has 29 heavy (non-hydrogen) atoms. The maximum Gasteiger partial charge on any atom is 0.276 e. The maximum atomic E-state index is 13.4. The Morgan fingerprint density at radius 1 is 1.34 bits per heavy atom. The van der Waals surface area contributed by atoms with E-state index in [4.69, 9.17) is 20.6 Å². The molecule has 1 aliphatic heterocycles. The molecule has 1 atom stereocenters. The number of hydrogen-bond acceptors (Lipinski definition) is 6. The number of carbonyl (C=O) groups is 1. The average molecular weight is 421 g/mol. The van der Waals surface area contributed by atoms with Gasteiger partial charge >= 0.3 is 0 Å². The molecule has 0 radical (unpaired) electrons. The van der Waals surface area contributed by atoms with Crippen LogP contribution in [0, 0.1) is 5.92 Å². The Balaban J connectivity index is 0.00000240. The van der Waals surface area contributed by atoms with Crippen LogP contribution in [0.5, 0.6) is 5.75 Å². The minimum absolute atomic E-state index is 0. The monoisotopic (exact) mass is 420 g/mol. The van der Waals surface area contributed by atoms with Gasteiger partial charge in [0.1, 0.15) is 12.4 Å². The molecular weight excluding hydrogens is 392 g/mol. The fraction of sp³-hybridized carbons (Fsp3) is 0.600. The maximum absolute atomic E-state index is 13.4. The van der Waals surface area contributed by atoms with E-state index in [1.807, 2.05) is 9.58 Å². The van der Waals surface area contributed by atoms with Gasteiger partial charge in [-0.05, 0) is 37.3 Å². The van der Waals surface area contributed by atoms with Crippen molar-refractivity contribution in [2.24, 2.45) is 11.7 Å². The molecule has 0 unspecified atom stereocenters. The summed E-state index contributed by atoms with van der Waals surface area (Å²) in [6.07, 6.45) is 4.78. The van der Waals surface area contributed by atoms with Crippen LogP contribution in [-0.2, 0) is 6.54 Å². The topological polar surface area (TPSA) is 99.2 Å². The Hall–Kier alpha value is -2.19. The van der Waals surface area contributed by atoms with Gasteiger partial charge in [0.2, 0.25) is 0 Å². The van der Waals surface area contributed by atoms with E-state index in [0.29, 0.717) is 49.5 Å². The summed E-state index contributed by atoms with van der Waals surface area (Å²) in [4.78, 5) is 24.5. The number of rotatable bonds is 7. The molecule has 1 aliphatic carbocycles. The SMILES string of the molecule is CC(C)C[C@H]1c2nc(C3CC3)nn2CCN1C(=O)c1ncccc1OCCN.Cl. The summed E-state index contributed by atoms with van der Waals surface area (Å²) in [5.41, 5.74) is 5.88. The first-order valence-corrected chi connectivity index (χ1v) is 10.1. The van der Waals surface area contributed by atoms with Gasteiger partial charge in [0.05, 0.1) is 12.6 Å². The molecule has 8 nitrogen and oxygen atoms in total. The van der Waals surface area contributed by atoms with Crippen LogP contribution < -0.4 is 10.5 Å². The number of carbonyl (C=O) groups excluding carboxylic acids is 1. The highest BCUT2D eigenvalue weighted by atomic mass is 35.5. The number of hydrogen-bond donors (Lipinski definition) is 1. The van der Waals surface area contributed by atoms with Gasteiger partial charge in [0, 0.05) is 25.2 Å². The number of fused-ring (bicyclic) bond motifs is 1. The zero-order valence-corrected chi connectivity index (χ0v) is 17.8. The van der Waals surface area contributed by atoms with Gasteiger partial charge in [0.15, 0.2) is 17.3 Å². The largest absolute Gasteiger partial charge is 0.490 e. The van der Waals surface area contributed by atoms with Crippen LogP contribution in [0.15, 0.2) is 18.3 Å². The first-order chi connectivity index (χ1) is 13.6. The fourth-order valence-corrected chi connectivity index (χ4v) is 3.69. The van der Waals surface area contributed by atoms with E-state index in [1.54, 1.807) is 18.3 Å². The number of nitrogens with zero attached hydrogens (tertiary/aromatic N) is 5. The van der Waals surface area contributed by atoms with Crippen molar-refractivity contribution in [2.45, 2.75) is 51.6 Å². The Kier molecular flexibility index (Phi) is 6.74. The number of pyridine rings is 1. The van der Waals surface area contributed by atoms with Crippen LogP contribution in [0.25, 0.3) is 0 Å². The Morgan fingerprint density at radius 2 is 2.14 bits per heavy atom. The first-order valence-electron chi connectivity index (χ1n) is 10.1. The summed E-state index contributed by atoms with van der Waals surface area (Å²) in [5.74, 6) is 3.10. The molecule has 3 heterocycles. The smallest absolute Gasteiger partial charge is 0.276 e. The molecular formula is C20H29ClN6O2. The molecule has 158 valence electrons. The van der Waals surface area contributed by atoms with Crippen molar-refractivity contribution in [1.29, 1.82) is 0 Å². The predicted octanol–water partition coefficient (Wildman–Crippen LogP) is 2.55. The summed E-state index contributed by atoms with van der Waals surface area (Å²) < 4.78 is 7.65. The van der Waals surface area contributed by atoms with E-state index in [9.17, 15) is 4.79 Å². The van der Waals surface area contributed by atoms with Crippen molar-refractivity contribution in [3.63, 3.8) is 0 Å². The van der Waals surface area contributed by atoms with Crippen LogP contribution in [0.3, 0.4) is 0 Å². The Bertz CT molecular complexity index is 851. The van der Waals surface area contributed by atoms with Gasteiger partial charge in [-0.15, -0.1) is 12.4 Å². The lowest BCUT2D eigenvalue weighted by Gasteiger charge is -2.36. The molecule has 0 spiro atoms. The summed E-state index contributed by atoms with van der Waals surface area (Å²) >= 11 is 0. The summed E-state index contributed by atoms with van der Waals surface area (Å²) in [6, 6.07) is 3.43. The van der Waals surface area contributed by atoms with Crippen LogP contribution in [-0.4, -0.2) is 50.3 Å². The lowest BCUT2D eigenvalue weighted by molar-refractivity contribution is 0.0568. The average Bonchev–Trinajstić information content (AvgIpc) is 3.45. The number of ether oxygens (including phenoxy) is 1. The number of nitrogens with two attached hydrogens (primary N) is 1. The fourth-order valence-electron chi connectivity index (χ4n) is 3.69. The first kappa shape index (κ1) is 21.5. The Morgan fingerprint density at radius 3 is 2.83 bits per heavy atom. The van der Waals surface area contributed by atoms with E-state index < -0.39 is 0 Å². The molecule has 0 aromatic carbocycles. The van der Waals surface area contributed by atoms with Crippen molar-refractivity contribution >= 4 is 18.3 Å². The van der Waals surface area contributed by atoms with Gasteiger partial charge in [-0.1, -0.05) is 13.8 Å². The van der Waals surface area contributed by atoms with Crippen molar-refractivity contribution < 1.29 is 9.53 Å². The lowest BCUT2D eigenvalue weighted by atomic mass is 9.99. The molecule has 2 aromatic heterocycles. The zero-order valence-electron chi connectivity index (χ0n) is 17.0. The third-order valence-corrected chi connectivity index (χ3v) is 5.19. The number of halogens is 1. The van der Waals surface area contributed by atoms with Gasteiger partial charge in [-0.2, -0.15) is 5.10 Å². The minimum atomic E-state index is -0.125. The van der Waals surface area contributed by atoms with Crippen molar-refractivity contribution in [2.75, 3.05) is 19.7 Å². The predicted molar refractivity (Wildman–Crippen MR) is 111 cm³/mol. The van der Waals surface area contributed by atoms with Crippen molar-refractivity contribution in [1.82, 2.24) is 24.6 Å². The highest BCUT2D eigenvalue weighted by Crippen LogP contribution is 2.40. The van der Waals surface area contributed by atoms with Crippen molar-refractivity contribution in [3.8, 4) is 5.75 Å². The third-order valence-electron chi connectivity index (χ3n) is 5.19. The number of amides is 1. The van der Waals surface area contributed by atoms with Gasteiger partial charge in [-0.3, -0.25) is 4.79 Å². The molecule has 2 aliphatic rings. The molecule has 0 bridgehead atoms. The van der Waals surface area contributed by atoms with Crippen LogP contribution in [0.4, 0.5) is 0 Å². The molecule has 0 saturated heterocycles. The highest BCUT2D eigenvalue weighted by molar-refractivity contribution is 5.95. The van der Waals surface area contributed by atoms with E-state index >= 15 is 0 Å². The molecule has 9 heteroatoms. The summed E-state index contributed by atoms with van der Waals surface area (Å²) in [6.45, 7) is 6.30. The van der Waals surface area contributed by atoms with Crippen LogP contribution in [0.1, 0.15) is 67.2 Å². The molecule has 1 fully saturated rings. The van der Waals surface area contributed by atoms with E-state index in [2.05, 4.69) is 18.8 Å². The van der Waals surface area contributed by atoms with E-state index in [0.717, 1.165) is 30.9 Å². The normalized spacial score (nSPS) is 18.3. The Labute approximate surface area is 177 Å². The summed E-state index contributed by atoms with van der Waals surface area (Å²) in [7, 11) is 0. The molecule has 2 aromatic rings. The number of aromatic nitrogens is 4. The van der Waals surface area contributed by atoms with Crippen LogP contribution >= 0.6 is 12.4 Å². The van der Waals surface area contributed by atoms with Gasteiger partial charge in [0.25, 0.3) is 5.91 Å². The van der Waals surface area contributed by atoms with Gasteiger partial charge in [-0.25, -0.2) is 14.6 Å². The van der Waals surface area contributed by atoms with E-state index in [-0.39, 0.29) is 24.4 Å². The van der Waals surface area contributed by atoms with E-state index in [1.165, 1.54) is 0 Å². The summed E-state index contributed by atoms with van der Waals surface area (Å²) in [5, 5.41) is 4.71. The quantitative estimate of drug-likeness (QED) is 0.738. The second-order valence-corrected chi connectivity index (χ2v) is 7.96. The standard InChI is InChI=1S/C20H28N6O2.ClH/c1-13(2)12-15-19-23-18(14-5-6-14)24-26(19)10-9-25(15)20(27)17-16(28-11-7-21)4-3-8-22-17;/h3-4,8,13-15H,5-7,9-12,21H2,1-2H3;1H/t15-;/m0./s1. The van der Waals surface area contributed by atoms with Gasteiger partial charge < -0.3 is 15.4 Å². The van der Waals surface area contributed by atoms with Crippen LogP contribution in [0.2, 0.25) is 0 Å². The van der Waals surface area contributed by atoms with Crippen molar-refractivity contribution in [3.05, 3.63) is 35.7 Å². The highest BCUT2D eigenvalue weighted by Gasteiger charge is 2.38. The third kappa shape index (κ3) is 4.53. The minimum Gasteiger partial charge on any atom is -0.490 e. The molecule has 4 rings (SSSR count). The second-order valence-electron chi connectivity index (χ2n) is 7.96. The lowest BCUT2D eigenvalue weighted by Crippen LogP contribution is -2.43. The molecule has 1 amide bonds. The molecule has 2 N–H and O–H groups in total.